The monoisotopic (exact) mass is 371 g/mol. The van der Waals surface area contributed by atoms with E-state index in [1.54, 1.807) is 23.0 Å². The Hall–Kier alpha value is -2.94. The fourth-order valence-corrected chi connectivity index (χ4v) is 3.28. The van der Waals surface area contributed by atoms with Gasteiger partial charge in [-0.05, 0) is 24.3 Å². The van der Waals surface area contributed by atoms with Crippen molar-refractivity contribution >= 4 is 28.5 Å². The van der Waals surface area contributed by atoms with Gasteiger partial charge >= 0.3 is 0 Å². The third-order valence-corrected chi connectivity index (χ3v) is 4.74. The van der Waals surface area contributed by atoms with Crippen molar-refractivity contribution in [2.75, 3.05) is 54.4 Å². The first-order valence-corrected chi connectivity index (χ1v) is 8.95. The van der Waals surface area contributed by atoms with Gasteiger partial charge in [-0.15, -0.1) is 0 Å². The number of hydrogen-bond donors (Lipinski definition) is 2. The Kier molecular flexibility index (Phi) is 4.76. The van der Waals surface area contributed by atoms with E-state index in [-0.39, 0.29) is 12.4 Å². The van der Waals surface area contributed by atoms with Gasteiger partial charge in [-0.25, -0.2) is 4.39 Å². The Morgan fingerprint density at radius 2 is 1.78 bits per heavy atom. The van der Waals surface area contributed by atoms with E-state index < -0.39 is 0 Å². The molecule has 142 valence electrons. The van der Waals surface area contributed by atoms with Crippen LogP contribution in [0.15, 0.2) is 30.5 Å². The van der Waals surface area contributed by atoms with Gasteiger partial charge in [0.25, 0.3) is 0 Å². The summed E-state index contributed by atoms with van der Waals surface area (Å²) < 4.78 is 14.8. The average Bonchev–Trinajstić information content (AvgIpc) is 3.08. The molecule has 1 fully saturated rings. The summed E-state index contributed by atoms with van der Waals surface area (Å²) in [6.45, 7) is 3.58. The Morgan fingerprint density at radius 1 is 1.07 bits per heavy atom. The number of aliphatic hydroxyl groups excluding tert-OH is 1. The second-order valence-corrected chi connectivity index (χ2v) is 6.48. The molecule has 0 radical (unpaired) electrons. The number of halogens is 1. The van der Waals surface area contributed by atoms with Crippen molar-refractivity contribution in [1.29, 1.82) is 0 Å². The van der Waals surface area contributed by atoms with Crippen molar-refractivity contribution < 1.29 is 9.50 Å². The van der Waals surface area contributed by atoms with Gasteiger partial charge in [0.05, 0.1) is 18.2 Å². The van der Waals surface area contributed by atoms with Crippen molar-refractivity contribution in [1.82, 2.24) is 19.7 Å². The second kappa shape index (κ2) is 7.36. The molecule has 0 unspecified atom stereocenters. The van der Waals surface area contributed by atoms with Crippen LogP contribution in [0.3, 0.4) is 0 Å². The molecule has 0 saturated carbocycles. The van der Waals surface area contributed by atoms with Gasteiger partial charge in [0, 0.05) is 45.5 Å². The maximum Gasteiger partial charge on any atom is 0.229 e. The first kappa shape index (κ1) is 17.5. The van der Waals surface area contributed by atoms with Crippen LogP contribution >= 0.6 is 0 Å². The molecule has 4 rings (SSSR count). The fourth-order valence-electron chi connectivity index (χ4n) is 3.28. The molecule has 1 aliphatic heterocycles. The molecule has 1 saturated heterocycles. The number of piperazine rings is 1. The molecule has 8 nitrogen and oxygen atoms in total. The van der Waals surface area contributed by atoms with Crippen LogP contribution in [0.4, 0.5) is 21.8 Å². The lowest BCUT2D eigenvalue weighted by atomic mass is 10.2. The minimum absolute atomic E-state index is 0.0252. The molecule has 2 N–H and O–H groups in total. The van der Waals surface area contributed by atoms with E-state index in [0.29, 0.717) is 18.3 Å². The molecule has 0 amide bonds. The second-order valence-electron chi connectivity index (χ2n) is 6.48. The van der Waals surface area contributed by atoms with Crippen molar-refractivity contribution in [3.8, 4) is 0 Å². The van der Waals surface area contributed by atoms with Gasteiger partial charge in [0.15, 0.2) is 5.65 Å². The Bertz CT molecular complexity index is 919. The smallest absolute Gasteiger partial charge is 0.229 e. The molecule has 0 aliphatic carbocycles. The summed E-state index contributed by atoms with van der Waals surface area (Å²) in [6, 6.07) is 6.58. The zero-order chi connectivity index (χ0) is 18.8. The molecule has 0 spiro atoms. The highest BCUT2D eigenvalue weighted by Crippen LogP contribution is 2.24. The fraction of sp³-hybridized carbons (Fsp3) is 0.389. The highest BCUT2D eigenvalue weighted by molar-refractivity contribution is 5.87. The molecule has 0 atom stereocenters. The Morgan fingerprint density at radius 3 is 2.48 bits per heavy atom. The van der Waals surface area contributed by atoms with Gasteiger partial charge in [0.2, 0.25) is 5.95 Å². The predicted molar refractivity (Wildman–Crippen MR) is 103 cm³/mol. The lowest BCUT2D eigenvalue weighted by Gasteiger charge is -2.36. The zero-order valence-electron chi connectivity index (χ0n) is 15.1. The predicted octanol–water partition coefficient (Wildman–Crippen LogP) is 1.23. The maximum absolute atomic E-state index is 13.1. The summed E-state index contributed by atoms with van der Waals surface area (Å²) in [5.74, 6) is 1.10. The lowest BCUT2D eigenvalue weighted by molar-refractivity contribution is 0.311. The number of benzene rings is 1. The van der Waals surface area contributed by atoms with Crippen molar-refractivity contribution in [3.05, 3.63) is 36.3 Å². The van der Waals surface area contributed by atoms with E-state index in [0.717, 1.165) is 42.9 Å². The molecule has 0 bridgehead atoms. The molecule has 1 aromatic carbocycles. The van der Waals surface area contributed by atoms with Crippen LogP contribution in [-0.4, -0.2) is 64.2 Å². The first-order chi connectivity index (χ1) is 13.2. The van der Waals surface area contributed by atoms with E-state index >= 15 is 0 Å². The molecule has 2 aromatic heterocycles. The van der Waals surface area contributed by atoms with E-state index in [1.807, 2.05) is 7.05 Å². The van der Waals surface area contributed by atoms with Crippen LogP contribution in [0.25, 0.3) is 11.0 Å². The third kappa shape index (κ3) is 3.50. The van der Waals surface area contributed by atoms with Gasteiger partial charge in [-0.1, -0.05) is 0 Å². The van der Waals surface area contributed by atoms with E-state index in [4.69, 9.17) is 5.11 Å². The van der Waals surface area contributed by atoms with Gasteiger partial charge < -0.3 is 20.2 Å². The summed E-state index contributed by atoms with van der Waals surface area (Å²) in [5, 5.41) is 17.4. The molecule has 3 heterocycles. The van der Waals surface area contributed by atoms with Gasteiger partial charge in [-0.3, -0.25) is 4.68 Å². The van der Waals surface area contributed by atoms with E-state index in [2.05, 4.69) is 30.2 Å². The minimum Gasteiger partial charge on any atom is -0.395 e. The summed E-state index contributed by atoms with van der Waals surface area (Å²) >= 11 is 0. The summed E-state index contributed by atoms with van der Waals surface area (Å²) in [6.07, 6.45) is 1.73. The Labute approximate surface area is 156 Å². The van der Waals surface area contributed by atoms with Crippen LogP contribution < -0.4 is 15.1 Å². The molecule has 9 heteroatoms. The topological polar surface area (TPSA) is 82.3 Å². The van der Waals surface area contributed by atoms with Crippen molar-refractivity contribution in [2.45, 2.75) is 0 Å². The van der Waals surface area contributed by atoms with Crippen LogP contribution in [-0.2, 0) is 7.05 Å². The van der Waals surface area contributed by atoms with Gasteiger partial charge in [-0.2, -0.15) is 15.1 Å². The molecule has 3 aromatic rings. The van der Waals surface area contributed by atoms with Crippen molar-refractivity contribution in [3.63, 3.8) is 0 Å². The summed E-state index contributed by atoms with van der Waals surface area (Å²) in [7, 11) is 1.85. The minimum atomic E-state index is -0.224. The third-order valence-electron chi connectivity index (χ3n) is 4.74. The first-order valence-electron chi connectivity index (χ1n) is 8.95. The largest absolute Gasteiger partial charge is 0.395 e. The SMILES string of the molecule is Cn1ncc2c(NCCO)nc(N3CCN(c4ccc(F)cc4)CC3)nc21. The normalized spacial score (nSPS) is 14.8. The number of nitrogens with one attached hydrogen (secondary N) is 1. The van der Waals surface area contributed by atoms with Crippen LogP contribution in [0, 0.1) is 5.82 Å². The standard InChI is InChI=1S/C18H22FN7O/c1-24-17-15(12-21-24)16(20-6-11-27)22-18(23-17)26-9-7-25(8-10-26)14-4-2-13(19)3-5-14/h2-5,12,27H,6-11H2,1H3,(H,20,22,23). The molecular weight excluding hydrogens is 349 g/mol. The molecule has 1 aliphatic rings. The van der Waals surface area contributed by atoms with E-state index in [1.165, 1.54) is 12.1 Å². The van der Waals surface area contributed by atoms with Crippen LogP contribution in [0.2, 0.25) is 0 Å². The number of fused-ring (bicyclic) bond motifs is 1. The van der Waals surface area contributed by atoms with Crippen LogP contribution in [0.5, 0.6) is 0 Å². The number of aromatic nitrogens is 4. The number of nitrogens with zero attached hydrogens (tertiary/aromatic N) is 6. The average molecular weight is 371 g/mol. The number of hydrogen-bond acceptors (Lipinski definition) is 7. The number of aryl methyl sites for hydroxylation is 1. The highest BCUT2D eigenvalue weighted by atomic mass is 19.1. The maximum atomic E-state index is 13.1. The molecule has 27 heavy (non-hydrogen) atoms. The number of aliphatic hydroxyl groups is 1. The lowest BCUT2D eigenvalue weighted by Crippen LogP contribution is -2.47. The van der Waals surface area contributed by atoms with E-state index in [9.17, 15) is 4.39 Å². The van der Waals surface area contributed by atoms with Crippen LogP contribution in [0.1, 0.15) is 0 Å². The van der Waals surface area contributed by atoms with Crippen molar-refractivity contribution in [2.24, 2.45) is 7.05 Å². The number of anilines is 3. The summed E-state index contributed by atoms with van der Waals surface area (Å²) in [4.78, 5) is 13.7. The zero-order valence-corrected chi connectivity index (χ0v) is 15.1. The molecular formula is C18H22FN7O. The Balaban J connectivity index is 1.54. The number of rotatable bonds is 5. The highest BCUT2D eigenvalue weighted by Gasteiger charge is 2.21. The summed E-state index contributed by atoms with van der Waals surface area (Å²) in [5.41, 5.74) is 1.77. The quantitative estimate of drug-likeness (QED) is 0.698. The van der Waals surface area contributed by atoms with Gasteiger partial charge in [0.1, 0.15) is 11.6 Å².